The second kappa shape index (κ2) is 10.1. The number of amides is 3. The second-order valence-electron chi connectivity index (χ2n) is 7.84. The summed E-state index contributed by atoms with van der Waals surface area (Å²) in [5, 5.41) is 13.6. The van der Waals surface area contributed by atoms with E-state index in [1.807, 2.05) is 0 Å². The first-order valence-electron chi connectivity index (χ1n) is 10.7. The van der Waals surface area contributed by atoms with Gasteiger partial charge in [0.25, 0.3) is 23.4 Å². The molecule has 2 unspecified atom stereocenters. The number of carbonyl (C=O) groups is 4. The number of esters is 1. The Morgan fingerprint density at radius 3 is 2.11 bits per heavy atom. The normalized spacial score (nSPS) is 14.1. The Morgan fingerprint density at radius 1 is 0.972 bits per heavy atom. The van der Waals surface area contributed by atoms with E-state index < -0.39 is 40.8 Å². The van der Waals surface area contributed by atoms with Gasteiger partial charge in [-0.1, -0.05) is 42.5 Å². The molecule has 0 spiro atoms. The number of imide groups is 1. The number of nitro benzene ring substituents is 1. The lowest BCUT2D eigenvalue weighted by Gasteiger charge is -2.24. The van der Waals surface area contributed by atoms with Gasteiger partial charge in [0.05, 0.1) is 21.7 Å². The minimum absolute atomic E-state index is 0.180. The van der Waals surface area contributed by atoms with Crippen molar-refractivity contribution in [2.24, 2.45) is 0 Å². The average Bonchev–Trinajstić information content (AvgIpc) is 3.13. The lowest BCUT2D eigenvalue weighted by molar-refractivity contribution is -0.384. The molecule has 0 saturated carbocycles. The number of non-ortho nitro benzene ring substituents is 1. The molecule has 0 bridgehead atoms. The van der Waals surface area contributed by atoms with Crippen LogP contribution in [-0.2, 0) is 14.3 Å². The van der Waals surface area contributed by atoms with Crippen LogP contribution in [0.1, 0.15) is 39.3 Å². The topological polar surface area (TPSA) is 136 Å². The van der Waals surface area contributed by atoms with Gasteiger partial charge in [-0.2, -0.15) is 0 Å². The molecule has 1 N–H and O–H groups in total. The minimum Gasteiger partial charge on any atom is -0.446 e. The van der Waals surface area contributed by atoms with Crippen molar-refractivity contribution in [1.82, 2.24) is 4.90 Å². The third-order valence-electron chi connectivity index (χ3n) is 5.55. The van der Waals surface area contributed by atoms with E-state index in [-0.39, 0.29) is 27.0 Å². The third kappa shape index (κ3) is 4.73. The van der Waals surface area contributed by atoms with E-state index in [9.17, 15) is 29.3 Å². The van der Waals surface area contributed by atoms with Crippen molar-refractivity contribution in [3.05, 3.63) is 104 Å². The fourth-order valence-corrected chi connectivity index (χ4v) is 4.16. The van der Waals surface area contributed by atoms with E-state index in [1.54, 1.807) is 42.5 Å². The maximum atomic E-state index is 13.2. The summed E-state index contributed by atoms with van der Waals surface area (Å²) in [5.41, 5.74) is 0.748. The Hall–Kier alpha value is -4.38. The molecule has 11 heteroatoms. The van der Waals surface area contributed by atoms with Gasteiger partial charge < -0.3 is 10.1 Å². The van der Waals surface area contributed by atoms with Crippen molar-refractivity contribution in [2.75, 3.05) is 5.32 Å². The van der Waals surface area contributed by atoms with E-state index in [4.69, 9.17) is 4.74 Å². The van der Waals surface area contributed by atoms with Gasteiger partial charge in [-0.05, 0) is 41.1 Å². The maximum absolute atomic E-state index is 13.2. The van der Waals surface area contributed by atoms with E-state index in [0.717, 1.165) is 4.90 Å². The van der Waals surface area contributed by atoms with Crippen LogP contribution in [0.2, 0.25) is 0 Å². The molecule has 3 amide bonds. The van der Waals surface area contributed by atoms with Gasteiger partial charge in [0.1, 0.15) is 6.04 Å². The molecule has 0 aromatic heterocycles. The summed E-state index contributed by atoms with van der Waals surface area (Å²) >= 11 is 3.19. The van der Waals surface area contributed by atoms with Crippen molar-refractivity contribution in [3.8, 4) is 0 Å². The van der Waals surface area contributed by atoms with Crippen LogP contribution in [-0.4, -0.2) is 39.6 Å². The predicted molar refractivity (Wildman–Crippen MR) is 131 cm³/mol. The molecule has 1 aliphatic rings. The van der Waals surface area contributed by atoms with Gasteiger partial charge >= 0.3 is 5.97 Å². The number of hydrogen-bond acceptors (Lipinski definition) is 7. The molecule has 0 aliphatic carbocycles. The lowest BCUT2D eigenvalue weighted by Crippen LogP contribution is -2.44. The number of benzene rings is 3. The Labute approximate surface area is 213 Å². The summed E-state index contributed by atoms with van der Waals surface area (Å²) in [4.78, 5) is 63.0. The summed E-state index contributed by atoms with van der Waals surface area (Å²) in [6, 6.07) is 16.9. The fourth-order valence-electron chi connectivity index (χ4n) is 3.70. The molecule has 1 aliphatic heterocycles. The highest BCUT2D eigenvalue weighted by Gasteiger charge is 2.42. The molecule has 1 heterocycles. The first-order valence-corrected chi connectivity index (χ1v) is 11.5. The number of fused-ring (bicyclic) bond motifs is 1. The van der Waals surface area contributed by atoms with E-state index >= 15 is 0 Å². The molecule has 0 fully saturated rings. The van der Waals surface area contributed by atoms with Crippen LogP contribution in [0.25, 0.3) is 0 Å². The first-order chi connectivity index (χ1) is 17.2. The van der Waals surface area contributed by atoms with Crippen LogP contribution in [0.3, 0.4) is 0 Å². The Balaban J connectivity index is 1.57. The lowest BCUT2D eigenvalue weighted by atomic mass is 10.1. The van der Waals surface area contributed by atoms with Crippen LogP contribution in [0, 0.1) is 10.1 Å². The number of nitro groups is 1. The van der Waals surface area contributed by atoms with Crippen LogP contribution >= 0.6 is 15.9 Å². The highest BCUT2D eigenvalue weighted by atomic mass is 79.9. The molecule has 182 valence electrons. The summed E-state index contributed by atoms with van der Waals surface area (Å²) < 4.78 is 5.77. The molecule has 36 heavy (non-hydrogen) atoms. The quantitative estimate of drug-likeness (QED) is 0.200. The van der Waals surface area contributed by atoms with E-state index in [1.165, 1.54) is 37.3 Å². The monoisotopic (exact) mass is 551 g/mol. The zero-order valence-corrected chi connectivity index (χ0v) is 20.3. The van der Waals surface area contributed by atoms with Crippen molar-refractivity contribution >= 4 is 51.0 Å². The standard InChI is InChI=1S/C25H18BrN3O7/c1-14(28-23(31)17-9-5-6-10-18(17)24(28)32)25(33)36-21(15-7-3-2-4-8-15)22(30)27-20-12-11-16(29(34)35)13-19(20)26/h2-14,21H,1H3,(H,27,30). The Kier molecular flexibility index (Phi) is 6.93. The molecular weight excluding hydrogens is 534 g/mol. The molecular formula is C25H18BrN3O7. The first kappa shape index (κ1) is 24.7. The summed E-state index contributed by atoms with van der Waals surface area (Å²) in [5.74, 6) is -2.96. The SMILES string of the molecule is CC(C(=O)OC(C(=O)Nc1ccc([N+](=O)[O-])cc1Br)c1ccccc1)N1C(=O)c2ccccc2C1=O. The smallest absolute Gasteiger partial charge is 0.330 e. The van der Waals surface area contributed by atoms with E-state index in [0.29, 0.717) is 5.56 Å². The highest BCUT2D eigenvalue weighted by Crippen LogP contribution is 2.30. The molecule has 2 atom stereocenters. The van der Waals surface area contributed by atoms with Crippen molar-refractivity contribution < 1.29 is 28.8 Å². The third-order valence-corrected chi connectivity index (χ3v) is 6.21. The molecule has 3 aromatic carbocycles. The highest BCUT2D eigenvalue weighted by molar-refractivity contribution is 9.10. The molecule has 0 saturated heterocycles. The van der Waals surface area contributed by atoms with Gasteiger partial charge in [-0.25, -0.2) is 4.79 Å². The van der Waals surface area contributed by atoms with Crippen LogP contribution < -0.4 is 5.32 Å². The van der Waals surface area contributed by atoms with Gasteiger partial charge in [0.15, 0.2) is 0 Å². The zero-order chi connectivity index (χ0) is 26.0. The van der Waals surface area contributed by atoms with Gasteiger partial charge in [-0.3, -0.25) is 29.4 Å². The summed E-state index contributed by atoms with van der Waals surface area (Å²) in [6.07, 6.45) is -1.43. The number of hydrogen-bond donors (Lipinski definition) is 1. The van der Waals surface area contributed by atoms with E-state index in [2.05, 4.69) is 21.2 Å². The number of nitrogens with zero attached hydrogens (tertiary/aromatic N) is 2. The summed E-state index contributed by atoms with van der Waals surface area (Å²) in [7, 11) is 0. The Bertz CT molecular complexity index is 1360. The second-order valence-corrected chi connectivity index (χ2v) is 8.69. The largest absolute Gasteiger partial charge is 0.446 e. The number of ether oxygens (including phenoxy) is 1. The molecule has 3 aromatic rings. The molecule has 4 rings (SSSR count). The number of carbonyl (C=O) groups excluding carboxylic acids is 4. The van der Waals surface area contributed by atoms with Crippen LogP contribution in [0.5, 0.6) is 0 Å². The number of halogens is 1. The van der Waals surface area contributed by atoms with Gasteiger partial charge in [0, 0.05) is 22.2 Å². The van der Waals surface area contributed by atoms with Crippen molar-refractivity contribution in [3.63, 3.8) is 0 Å². The number of anilines is 1. The maximum Gasteiger partial charge on any atom is 0.330 e. The average molecular weight is 552 g/mol. The predicted octanol–water partition coefficient (Wildman–Crippen LogP) is 4.27. The zero-order valence-electron chi connectivity index (χ0n) is 18.7. The van der Waals surface area contributed by atoms with Crippen molar-refractivity contribution in [1.29, 1.82) is 0 Å². The van der Waals surface area contributed by atoms with Crippen LogP contribution in [0.4, 0.5) is 11.4 Å². The Morgan fingerprint density at radius 2 is 1.56 bits per heavy atom. The van der Waals surface area contributed by atoms with Crippen molar-refractivity contribution in [2.45, 2.75) is 19.1 Å². The molecule has 10 nitrogen and oxygen atoms in total. The number of nitrogens with one attached hydrogen (secondary N) is 1. The fraction of sp³-hybridized carbons (Fsp3) is 0.120. The van der Waals surface area contributed by atoms with Gasteiger partial charge in [0.2, 0.25) is 6.10 Å². The van der Waals surface area contributed by atoms with Gasteiger partial charge in [-0.15, -0.1) is 0 Å². The molecule has 0 radical (unpaired) electrons. The number of rotatable bonds is 7. The van der Waals surface area contributed by atoms with Crippen LogP contribution in [0.15, 0.2) is 77.3 Å². The minimum atomic E-state index is -1.43. The summed E-state index contributed by atoms with van der Waals surface area (Å²) in [6.45, 7) is 1.34.